The standard InChI is InChI=1S/C13H16N2O/c1-15(2)9-8-11-7-6-10-4-3-5-12(16)13(10)14-11/h3-7,16H,8-9H2,1-2H3. The van der Waals surface area contributed by atoms with Crippen LogP contribution >= 0.6 is 0 Å². The maximum Gasteiger partial charge on any atom is 0.141 e. The summed E-state index contributed by atoms with van der Waals surface area (Å²) in [6.07, 6.45) is 0.900. The number of aromatic hydroxyl groups is 1. The third kappa shape index (κ3) is 2.31. The van der Waals surface area contributed by atoms with Crippen molar-refractivity contribution in [1.29, 1.82) is 0 Å². The van der Waals surface area contributed by atoms with E-state index in [2.05, 4.69) is 9.88 Å². The predicted octanol–water partition coefficient (Wildman–Crippen LogP) is 2.04. The molecule has 1 N–H and O–H groups in total. The SMILES string of the molecule is CN(C)CCc1ccc2cccc(O)c2n1. The first-order chi connectivity index (χ1) is 7.66. The lowest BCUT2D eigenvalue weighted by molar-refractivity contribution is 0.412. The quantitative estimate of drug-likeness (QED) is 0.853. The molecule has 1 aromatic carbocycles. The maximum atomic E-state index is 9.70. The van der Waals surface area contributed by atoms with Gasteiger partial charge in [-0.05, 0) is 26.2 Å². The highest BCUT2D eigenvalue weighted by molar-refractivity contribution is 5.84. The maximum absolute atomic E-state index is 9.70. The van der Waals surface area contributed by atoms with Crippen molar-refractivity contribution in [3.63, 3.8) is 0 Å². The summed E-state index contributed by atoms with van der Waals surface area (Å²) in [6.45, 7) is 0.964. The van der Waals surface area contributed by atoms with E-state index in [1.807, 2.05) is 38.4 Å². The molecule has 0 aliphatic carbocycles. The zero-order valence-corrected chi connectivity index (χ0v) is 9.64. The van der Waals surface area contributed by atoms with Crippen LogP contribution in [0.4, 0.5) is 0 Å². The van der Waals surface area contributed by atoms with Gasteiger partial charge in [-0.3, -0.25) is 0 Å². The Kier molecular flexibility index (Phi) is 3.06. The topological polar surface area (TPSA) is 36.4 Å². The molecule has 1 heterocycles. The van der Waals surface area contributed by atoms with Crippen LogP contribution in [-0.4, -0.2) is 35.6 Å². The molecular formula is C13H16N2O. The average Bonchev–Trinajstić information content (AvgIpc) is 2.27. The van der Waals surface area contributed by atoms with Crippen molar-refractivity contribution in [3.05, 3.63) is 36.0 Å². The van der Waals surface area contributed by atoms with Crippen molar-refractivity contribution in [2.24, 2.45) is 0 Å². The van der Waals surface area contributed by atoms with E-state index in [0.29, 0.717) is 5.52 Å². The molecule has 0 unspecified atom stereocenters. The molecule has 0 saturated carbocycles. The Bertz CT molecular complexity index is 494. The molecule has 1 aromatic heterocycles. The van der Waals surface area contributed by atoms with Crippen LogP contribution < -0.4 is 0 Å². The zero-order valence-electron chi connectivity index (χ0n) is 9.64. The third-order valence-corrected chi connectivity index (χ3v) is 2.57. The summed E-state index contributed by atoms with van der Waals surface area (Å²) in [5.74, 6) is 0.254. The minimum atomic E-state index is 0.254. The number of para-hydroxylation sites is 1. The molecule has 3 nitrogen and oxygen atoms in total. The lowest BCUT2D eigenvalue weighted by Crippen LogP contribution is -2.15. The van der Waals surface area contributed by atoms with Crippen LogP contribution in [0.3, 0.4) is 0 Å². The van der Waals surface area contributed by atoms with E-state index >= 15 is 0 Å². The Labute approximate surface area is 95.3 Å². The highest BCUT2D eigenvalue weighted by Gasteiger charge is 2.02. The van der Waals surface area contributed by atoms with Crippen LogP contribution in [0.1, 0.15) is 5.69 Å². The number of fused-ring (bicyclic) bond motifs is 1. The Morgan fingerprint density at radius 1 is 1.19 bits per heavy atom. The number of aromatic nitrogens is 1. The number of likely N-dealkylation sites (N-methyl/N-ethyl adjacent to an activating group) is 1. The number of phenols is 1. The van der Waals surface area contributed by atoms with E-state index < -0.39 is 0 Å². The average molecular weight is 216 g/mol. The van der Waals surface area contributed by atoms with Gasteiger partial charge in [0.05, 0.1) is 0 Å². The summed E-state index contributed by atoms with van der Waals surface area (Å²) >= 11 is 0. The summed E-state index contributed by atoms with van der Waals surface area (Å²) in [7, 11) is 4.08. The fourth-order valence-corrected chi connectivity index (χ4v) is 1.65. The van der Waals surface area contributed by atoms with Gasteiger partial charge in [0.2, 0.25) is 0 Å². The fraction of sp³-hybridized carbons (Fsp3) is 0.308. The van der Waals surface area contributed by atoms with Crippen molar-refractivity contribution in [2.75, 3.05) is 20.6 Å². The molecule has 0 atom stereocenters. The lowest BCUT2D eigenvalue weighted by atomic mass is 10.1. The summed E-state index contributed by atoms with van der Waals surface area (Å²) in [5.41, 5.74) is 1.71. The van der Waals surface area contributed by atoms with Gasteiger partial charge in [0, 0.05) is 24.0 Å². The molecule has 84 valence electrons. The van der Waals surface area contributed by atoms with Crippen LogP contribution in [0, 0.1) is 0 Å². The smallest absolute Gasteiger partial charge is 0.141 e. The van der Waals surface area contributed by atoms with Gasteiger partial charge < -0.3 is 10.0 Å². The molecule has 0 aliphatic rings. The largest absolute Gasteiger partial charge is 0.506 e. The Morgan fingerprint density at radius 3 is 2.75 bits per heavy atom. The number of pyridine rings is 1. The molecule has 2 rings (SSSR count). The first-order valence-corrected chi connectivity index (χ1v) is 5.39. The van der Waals surface area contributed by atoms with E-state index in [0.717, 1.165) is 24.0 Å². The van der Waals surface area contributed by atoms with Gasteiger partial charge in [-0.2, -0.15) is 0 Å². The monoisotopic (exact) mass is 216 g/mol. The molecule has 16 heavy (non-hydrogen) atoms. The van der Waals surface area contributed by atoms with Crippen molar-refractivity contribution in [1.82, 2.24) is 9.88 Å². The molecule has 0 spiro atoms. The second-order valence-electron chi connectivity index (χ2n) is 4.20. The van der Waals surface area contributed by atoms with E-state index in [-0.39, 0.29) is 5.75 Å². The molecule has 0 fully saturated rings. The highest BCUT2D eigenvalue weighted by atomic mass is 16.3. The molecule has 0 saturated heterocycles. The van der Waals surface area contributed by atoms with Crippen molar-refractivity contribution in [3.8, 4) is 5.75 Å². The van der Waals surface area contributed by atoms with E-state index in [9.17, 15) is 5.11 Å². The van der Waals surface area contributed by atoms with Crippen molar-refractivity contribution in [2.45, 2.75) is 6.42 Å². The van der Waals surface area contributed by atoms with E-state index in [1.165, 1.54) is 0 Å². The number of benzene rings is 1. The molecule has 0 radical (unpaired) electrons. The zero-order chi connectivity index (χ0) is 11.5. The minimum absolute atomic E-state index is 0.254. The first kappa shape index (κ1) is 10.9. The number of hydrogen-bond donors (Lipinski definition) is 1. The lowest BCUT2D eigenvalue weighted by Gasteiger charge is -2.09. The predicted molar refractivity (Wildman–Crippen MR) is 65.7 cm³/mol. The van der Waals surface area contributed by atoms with Gasteiger partial charge in [0.15, 0.2) is 0 Å². The molecule has 3 heteroatoms. The Hall–Kier alpha value is -1.61. The number of hydrogen-bond acceptors (Lipinski definition) is 3. The number of phenolic OH excluding ortho intramolecular Hbond substituents is 1. The second-order valence-corrected chi connectivity index (χ2v) is 4.20. The van der Waals surface area contributed by atoms with E-state index in [1.54, 1.807) is 6.07 Å². The second kappa shape index (κ2) is 4.49. The number of rotatable bonds is 3. The summed E-state index contributed by atoms with van der Waals surface area (Å²) in [6, 6.07) is 9.49. The van der Waals surface area contributed by atoms with E-state index in [4.69, 9.17) is 0 Å². The summed E-state index contributed by atoms with van der Waals surface area (Å²) < 4.78 is 0. The van der Waals surface area contributed by atoms with Gasteiger partial charge >= 0.3 is 0 Å². The van der Waals surface area contributed by atoms with Crippen LogP contribution in [0.2, 0.25) is 0 Å². The normalized spacial score (nSPS) is 11.2. The molecule has 2 aromatic rings. The Balaban J connectivity index is 2.32. The summed E-state index contributed by atoms with van der Waals surface area (Å²) in [4.78, 5) is 6.59. The summed E-state index contributed by atoms with van der Waals surface area (Å²) in [5, 5.41) is 10.7. The minimum Gasteiger partial charge on any atom is -0.506 e. The van der Waals surface area contributed by atoms with Gasteiger partial charge in [-0.25, -0.2) is 4.98 Å². The van der Waals surface area contributed by atoms with Crippen LogP contribution in [0.5, 0.6) is 5.75 Å². The molecule has 0 aliphatic heterocycles. The fourth-order valence-electron chi connectivity index (χ4n) is 1.65. The number of nitrogens with zero attached hydrogens (tertiary/aromatic N) is 2. The van der Waals surface area contributed by atoms with Crippen LogP contribution in [0.25, 0.3) is 10.9 Å². The third-order valence-electron chi connectivity index (χ3n) is 2.57. The molecule has 0 amide bonds. The van der Waals surface area contributed by atoms with Crippen LogP contribution in [0.15, 0.2) is 30.3 Å². The Morgan fingerprint density at radius 2 is 2.00 bits per heavy atom. The van der Waals surface area contributed by atoms with Gasteiger partial charge in [0.1, 0.15) is 11.3 Å². The van der Waals surface area contributed by atoms with Crippen LogP contribution in [-0.2, 0) is 6.42 Å². The molecule has 0 bridgehead atoms. The van der Waals surface area contributed by atoms with Crippen molar-refractivity contribution < 1.29 is 5.11 Å². The first-order valence-electron chi connectivity index (χ1n) is 5.39. The molecular weight excluding hydrogens is 200 g/mol. The highest BCUT2D eigenvalue weighted by Crippen LogP contribution is 2.22. The van der Waals surface area contributed by atoms with Gasteiger partial charge in [-0.15, -0.1) is 0 Å². The van der Waals surface area contributed by atoms with Crippen molar-refractivity contribution >= 4 is 10.9 Å². The van der Waals surface area contributed by atoms with Gasteiger partial charge in [-0.1, -0.05) is 18.2 Å². The van der Waals surface area contributed by atoms with Gasteiger partial charge in [0.25, 0.3) is 0 Å².